The summed E-state index contributed by atoms with van der Waals surface area (Å²) in [4.78, 5) is 49.7. The van der Waals surface area contributed by atoms with Gasteiger partial charge in [-0.05, 0) is 17.5 Å². The van der Waals surface area contributed by atoms with E-state index in [1.54, 1.807) is 24.3 Å². The standard InChI is InChI=1S/C23H16N2O7/c1-31-22(27)18-17-11-10-13-6-3-4-9-16(13)24(17)20(19(18)23(28)32-2)21(26)14-7-5-8-15(12-14)25(29)30/h3-12H,1-2H3. The van der Waals surface area contributed by atoms with Crippen LogP contribution in [0.5, 0.6) is 0 Å². The summed E-state index contributed by atoms with van der Waals surface area (Å²) in [7, 11) is 2.29. The highest BCUT2D eigenvalue weighted by Gasteiger charge is 2.34. The van der Waals surface area contributed by atoms with Crippen molar-refractivity contribution >= 4 is 39.8 Å². The summed E-state index contributed by atoms with van der Waals surface area (Å²) in [5.74, 6) is -2.42. The van der Waals surface area contributed by atoms with Gasteiger partial charge in [0.25, 0.3) is 5.69 Å². The van der Waals surface area contributed by atoms with Crippen LogP contribution in [-0.2, 0) is 9.47 Å². The average molecular weight is 432 g/mol. The van der Waals surface area contributed by atoms with Crippen LogP contribution in [0.3, 0.4) is 0 Å². The van der Waals surface area contributed by atoms with Gasteiger partial charge in [0.05, 0.1) is 30.2 Å². The fourth-order valence-corrected chi connectivity index (χ4v) is 3.72. The number of hydrogen-bond donors (Lipinski definition) is 0. The molecule has 160 valence electrons. The number of aromatic nitrogens is 1. The molecule has 4 rings (SSSR count). The molecule has 9 heteroatoms. The highest BCUT2D eigenvalue weighted by atomic mass is 16.6. The van der Waals surface area contributed by atoms with E-state index in [0.717, 1.165) is 25.7 Å². The number of rotatable bonds is 5. The number of para-hydroxylation sites is 1. The third-order valence-electron chi connectivity index (χ3n) is 5.12. The number of nitrogens with zero attached hydrogens (tertiary/aromatic N) is 2. The predicted molar refractivity (Wildman–Crippen MR) is 114 cm³/mol. The lowest BCUT2D eigenvalue weighted by atomic mass is 10.0. The van der Waals surface area contributed by atoms with Crippen LogP contribution in [0.25, 0.3) is 16.4 Å². The first-order valence-corrected chi connectivity index (χ1v) is 9.41. The molecule has 2 aromatic carbocycles. The first-order valence-electron chi connectivity index (χ1n) is 9.41. The molecule has 4 aromatic rings. The van der Waals surface area contributed by atoms with Crippen LogP contribution < -0.4 is 0 Å². The molecule has 0 aliphatic carbocycles. The number of nitro benzene ring substituents is 1. The van der Waals surface area contributed by atoms with Crippen LogP contribution in [0.4, 0.5) is 5.69 Å². The quantitative estimate of drug-likeness (QED) is 0.204. The zero-order valence-corrected chi connectivity index (χ0v) is 17.0. The number of methoxy groups -OCH3 is 2. The molecule has 0 N–H and O–H groups in total. The second-order valence-electron chi connectivity index (χ2n) is 6.83. The van der Waals surface area contributed by atoms with E-state index in [-0.39, 0.29) is 33.6 Å². The van der Waals surface area contributed by atoms with E-state index in [1.165, 1.54) is 22.6 Å². The summed E-state index contributed by atoms with van der Waals surface area (Å²) >= 11 is 0. The maximum atomic E-state index is 13.6. The van der Waals surface area contributed by atoms with Crippen molar-refractivity contribution in [2.24, 2.45) is 0 Å². The van der Waals surface area contributed by atoms with Crippen molar-refractivity contribution in [1.29, 1.82) is 0 Å². The van der Waals surface area contributed by atoms with Gasteiger partial charge in [0.1, 0.15) is 16.8 Å². The van der Waals surface area contributed by atoms with Crippen molar-refractivity contribution in [2.45, 2.75) is 0 Å². The topological polar surface area (TPSA) is 117 Å². The maximum absolute atomic E-state index is 13.6. The second kappa shape index (κ2) is 7.95. The first-order chi connectivity index (χ1) is 15.4. The molecule has 0 aliphatic rings. The molecular weight excluding hydrogens is 416 g/mol. The third kappa shape index (κ3) is 3.16. The van der Waals surface area contributed by atoms with E-state index in [0.29, 0.717) is 5.52 Å². The Balaban J connectivity index is 2.17. The zero-order valence-electron chi connectivity index (χ0n) is 17.0. The number of hydrogen-bond acceptors (Lipinski definition) is 7. The molecule has 0 spiro atoms. The van der Waals surface area contributed by atoms with Crippen molar-refractivity contribution < 1.29 is 28.8 Å². The second-order valence-corrected chi connectivity index (χ2v) is 6.83. The van der Waals surface area contributed by atoms with Gasteiger partial charge < -0.3 is 13.9 Å². The van der Waals surface area contributed by atoms with Gasteiger partial charge >= 0.3 is 11.9 Å². The van der Waals surface area contributed by atoms with Crippen molar-refractivity contribution in [3.8, 4) is 0 Å². The van der Waals surface area contributed by atoms with Crippen molar-refractivity contribution in [3.05, 3.63) is 93.2 Å². The number of carbonyl (C=O) groups excluding carboxylic acids is 3. The number of carbonyl (C=O) groups is 3. The fraction of sp³-hybridized carbons (Fsp3) is 0.0870. The minimum Gasteiger partial charge on any atom is -0.465 e. The highest BCUT2D eigenvalue weighted by molar-refractivity contribution is 6.20. The number of pyridine rings is 1. The Bertz CT molecular complexity index is 1440. The Morgan fingerprint density at radius 3 is 2.22 bits per heavy atom. The van der Waals surface area contributed by atoms with Gasteiger partial charge in [-0.1, -0.05) is 36.4 Å². The minimum atomic E-state index is -0.910. The van der Waals surface area contributed by atoms with Gasteiger partial charge in [0.2, 0.25) is 5.78 Å². The highest BCUT2D eigenvalue weighted by Crippen LogP contribution is 2.32. The molecule has 2 aromatic heterocycles. The normalized spacial score (nSPS) is 10.8. The van der Waals surface area contributed by atoms with Crippen LogP contribution >= 0.6 is 0 Å². The number of nitro groups is 1. The van der Waals surface area contributed by atoms with Crippen LogP contribution in [0, 0.1) is 10.1 Å². The molecule has 32 heavy (non-hydrogen) atoms. The summed E-state index contributed by atoms with van der Waals surface area (Å²) < 4.78 is 11.2. The molecule has 0 fully saturated rings. The van der Waals surface area contributed by atoms with Crippen molar-refractivity contribution in [2.75, 3.05) is 14.2 Å². The summed E-state index contributed by atoms with van der Waals surface area (Å²) in [5.41, 5.74) is -0.0260. The van der Waals surface area contributed by atoms with Gasteiger partial charge in [-0.2, -0.15) is 0 Å². The minimum absolute atomic E-state index is 0.0203. The summed E-state index contributed by atoms with van der Waals surface area (Å²) in [6, 6.07) is 15.6. The van der Waals surface area contributed by atoms with E-state index in [2.05, 4.69) is 0 Å². The van der Waals surface area contributed by atoms with E-state index in [9.17, 15) is 24.5 Å². The Hall–Kier alpha value is -4.53. The number of ketones is 1. The number of benzene rings is 2. The van der Waals surface area contributed by atoms with E-state index >= 15 is 0 Å². The molecule has 2 heterocycles. The van der Waals surface area contributed by atoms with E-state index in [4.69, 9.17) is 9.47 Å². The summed E-state index contributed by atoms with van der Waals surface area (Å²) in [5, 5.41) is 12.0. The van der Waals surface area contributed by atoms with Gasteiger partial charge in [0.15, 0.2) is 0 Å². The van der Waals surface area contributed by atoms with Gasteiger partial charge in [-0.15, -0.1) is 0 Å². The van der Waals surface area contributed by atoms with E-state index in [1.807, 2.05) is 12.1 Å². The Labute approximate surface area is 180 Å². The summed E-state index contributed by atoms with van der Waals surface area (Å²) in [6.07, 6.45) is 0. The Kier molecular flexibility index (Phi) is 5.15. The maximum Gasteiger partial charge on any atom is 0.341 e. The largest absolute Gasteiger partial charge is 0.465 e. The first kappa shape index (κ1) is 20.7. The van der Waals surface area contributed by atoms with Crippen molar-refractivity contribution in [1.82, 2.24) is 4.40 Å². The third-order valence-corrected chi connectivity index (χ3v) is 5.12. The molecular formula is C23H16N2O7. The molecule has 0 unspecified atom stereocenters. The average Bonchev–Trinajstić information content (AvgIpc) is 3.18. The summed E-state index contributed by atoms with van der Waals surface area (Å²) in [6.45, 7) is 0. The molecule has 0 atom stereocenters. The molecule has 9 nitrogen and oxygen atoms in total. The van der Waals surface area contributed by atoms with Crippen LogP contribution in [0.2, 0.25) is 0 Å². The van der Waals surface area contributed by atoms with Crippen LogP contribution in [-0.4, -0.2) is 41.3 Å². The number of non-ortho nitro benzene ring substituents is 1. The smallest absolute Gasteiger partial charge is 0.341 e. The molecule has 0 bridgehead atoms. The lowest BCUT2D eigenvalue weighted by molar-refractivity contribution is -0.384. The predicted octanol–water partition coefficient (Wildman–Crippen LogP) is 3.80. The fourth-order valence-electron chi connectivity index (χ4n) is 3.72. The SMILES string of the molecule is COC(=O)c1c(C(=O)OC)c2ccc3ccccc3n2c1C(=O)c1cccc([N+](=O)[O-])c1. The van der Waals surface area contributed by atoms with Crippen LogP contribution in [0.1, 0.15) is 36.8 Å². The number of ether oxygens (including phenoxy) is 2. The molecule has 0 radical (unpaired) electrons. The zero-order chi connectivity index (χ0) is 23.0. The number of esters is 2. The molecule has 0 saturated carbocycles. The monoisotopic (exact) mass is 432 g/mol. The van der Waals surface area contributed by atoms with Gasteiger partial charge in [-0.25, -0.2) is 9.59 Å². The van der Waals surface area contributed by atoms with E-state index < -0.39 is 22.6 Å². The lowest BCUT2D eigenvalue weighted by Crippen LogP contribution is -2.15. The Morgan fingerprint density at radius 2 is 1.53 bits per heavy atom. The Morgan fingerprint density at radius 1 is 0.844 bits per heavy atom. The van der Waals surface area contributed by atoms with Gasteiger partial charge in [0, 0.05) is 17.7 Å². The molecule has 0 saturated heterocycles. The number of fused-ring (bicyclic) bond motifs is 3. The molecule has 0 aliphatic heterocycles. The van der Waals surface area contributed by atoms with Crippen LogP contribution in [0.15, 0.2) is 60.7 Å². The lowest BCUT2D eigenvalue weighted by Gasteiger charge is -2.08. The van der Waals surface area contributed by atoms with Gasteiger partial charge in [-0.3, -0.25) is 14.9 Å². The molecule has 0 amide bonds. The van der Waals surface area contributed by atoms with Crippen molar-refractivity contribution in [3.63, 3.8) is 0 Å².